The minimum Gasteiger partial charge on any atom is -0.481 e. The lowest BCUT2D eigenvalue weighted by Gasteiger charge is -2.38. The number of aliphatic carboxylic acids is 1. The van der Waals surface area contributed by atoms with E-state index in [-0.39, 0.29) is 0 Å². The van der Waals surface area contributed by atoms with E-state index in [2.05, 4.69) is 23.5 Å². The van der Waals surface area contributed by atoms with Crippen molar-refractivity contribution in [3.8, 4) is 0 Å². The summed E-state index contributed by atoms with van der Waals surface area (Å²) in [7, 11) is 0. The van der Waals surface area contributed by atoms with Crippen molar-refractivity contribution >= 4 is 11.7 Å². The lowest BCUT2D eigenvalue weighted by molar-refractivity contribution is -0.153. The highest BCUT2D eigenvalue weighted by molar-refractivity contribution is 5.76. The minimum absolute atomic E-state index is 0.518. The topological polar surface area (TPSA) is 49.3 Å². The molecule has 0 saturated heterocycles. The molecule has 3 heteroatoms. The number of carboxylic acids is 1. The number of benzene rings is 1. The third-order valence-corrected chi connectivity index (χ3v) is 4.74. The van der Waals surface area contributed by atoms with Crippen molar-refractivity contribution in [2.45, 2.75) is 44.9 Å². The van der Waals surface area contributed by atoms with Gasteiger partial charge in [0, 0.05) is 12.2 Å². The molecule has 3 nitrogen and oxygen atoms in total. The lowest BCUT2D eigenvalue weighted by atomic mass is 9.69. The first-order chi connectivity index (χ1) is 9.20. The number of anilines is 1. The Hall–Kier alpha value is -1.51. The van der Waals surface area contributed by atoms with Crippen molar-refractivity contribution in [2.24, 2.45) is 5.41 Å². The molecule has 0 aromatic heterocycles. The highest BCUT2D eigenvalue weighted by atomic mass is 16.4. The highest BCUT2D eigenvalue weighted by Crippen LogP contribution is 2.41. The number of hydrogen-bond acceptors (Lipinski definition) is 2. The molecule has 0 aliphatic heterocycles. The fourth-order valence-corrected chi connectivity index (χ4v) is 3.18. The molecule has 0 atom stereocenters. The van der Waals surface area contributed by atoms with E-state index in [9.17, 15) is 9.90 Å². The van der Waals surface area contributed by atoms with Gasteiger partial charge in [-0.15, -0.1) is 0 Å². The number of hydrogen-bond donors (Lipinski definition) is 2. The molecule has 0 unspecified atom stereocenters. The van der Waals surface area contributed by atoms with Crippen molar-refractivity contribution in [1.29, 1.82) is 0 Å². The maximum absolute atomic E-state index is 11.3. The molecule has 0 radical (unpaired) electrons. The van der Waals surface area contributed by atoms with Gasteiger partial charge in [0.2, 0.25) is 0 Å². The van der Waals surface area contributed by atoms with Crippen LogP contribution in [0.15, 0.2) is 18.2 Å². The van der Waals surface area contributed by atoms with Crippen LogP contribution in [-0.2, 0) is 17.6 Å². The van der Waals surface area contributed by atoms with Crippen LogP contribution in [-0.4, -0.2) is 17.6 Å². The van der Waals surface area contributed by atoms with Crippen LogP contribution in [0.4, 0.5) is 5.69 Å². The van der Waals surface area contributed by atoms with Gasteiger partial charge in [-0.25, -0.2) is 0 Å². The summed E-state index contributed by atoms with van der Waals surface area (Å²) in [5.41, 5.74) is 3.46. The largest absolute Gasteiger partial charge is 0.481 e. The maximum atomic E-state index is 11.3. The Morgan fingerprint density at radius 3 is 2.53 bits per heavy atom. The fourth-order valence-electron chi connectivity index (χ4n) is 3.18. The lowest BCUT2D eigenvalue weighted by Crippen LogP contribution is -2.43. The predicted molar refractivity (Wildman–Crippen MR) is 75.5 cm³/mol. The Labute approximate surface area is 114 Å². The molecule has 1 fully saturated rings. The van der Waals surface area contributed by atoms with Gasteiger partial charge in [-0.05, 0) is 61.8 Å². The van der Waals surface area contributed by atoms with Crippen molar-refractivity contribution in [2.75, 3.05) is 11.9 Å². The molecular weight excluding hydrogens is 238 g/mol. The molecule has 2 aliphatic carbocycles. The summed E-state index contributed by atoms with van der Waals surface area (Å²) >= 11 is 0. The van der Waals surface area contributed by atoms with Crippen molar-refractivity contribution < 1.29 is 9.90 Å². The van der Waals surface area contributed by atoms with Gasteiger partial charge in [-0.2, -0.15) is 0 Å². The summed E-state index contributed by atoms with van der Waals surface area (Å²) in [4.78, 5) is 11.3. The number of nitrogens with one attached hydrogen (secondary N) is 1. The van der Waals surface area contributed by atoms with Crippen LogP contribution in [0.3, 0.4) is 0 Å². The van der Waals surface area contributed by atoms with Crippen LogP contribution in [0, 0.1) is 5.41 Å². The van der Waals surface area contributed by atoms with Gasteiger partial charge >= 0.3 is 5.97 Å². The molecule has 1 aromatic rings. The third kappa shape index (κ3) is 2.34. The van der Waals surface area contributed by atoms with E-state index in [0.717, 1.165) is 31.4 Å². The zero-order chi connectivity index (χ0) is 13.3. The zero-order valence-corrected chi connectivity index (χ0v) is 11.2. The Morgan fingerprint density at radius 1 is 1.16 bits per heavy atom. The first-order valence-corrected chi connectivity index (χ1v) is 7.29. The van der Waals surface area contributed by atoms with Gasteiger partial charge in [-0.1, -0.05) is 12.5 Å². The maximum Gasteiger partial charge on any atom is 0.311 e. The van der Waals surface area contributed by atoms with E-state index in [1.54, 1.807) is 0 Å². The second kappa shape index (κ2) is 4.87. The van der Waals surface area contributed by atoms with Crippen LogP contribution in [0.1, 0.15) is 43.2 Å². The van der Waals surface area contributed by atoms with Crippen LogP contribution in [0.2, 0.25) is 0 Å². The van der Waals surface area contributed by atoms with Gasteiger partial charge in [-0.3, -0.25) is 4.79 Å². The van der Waals surface area contributed by atoms with E-state index in [1.165, 1.54) is 30.4 Å². The molecule has 2 N–H and O–H groups in total. The summed E-state index contributed by atoms with van der Waals surface area (Å²) < 4.78 is 0. The van der Waals surface area contributed by atoms with Crippen molar-refractivity contribution in [3.05, 3.63) is 29.3 Å². The van der Waals surface area contributed by atoms with Crippen LogP contribution in [0.25, 0.3) is 0 Å². The first-order valence-electron chi connectivity index (χ1n) is 7.29. The predicted octanol–water partition coefficient (Wildman–Crippen LogP) is 3.23. The minimum atomic E-state index is -0.649. The van der Waals surface area contributed by atoms with Gasteiger partial charge < -0.3 is 10.4 Å². The smallest absolute Gasteiger partial charge is 0.311 e. The van der Waals surface area contributed by atoms with E-state index < -0.39 is 11.4 Å². The highest BCUT2D eigenvalue weighted by Gasteiger charge is 2.44. The second-order valence-electron chi connectivity index (χ2n) is 5.98. The molecule has 3 rings (SSSR count). The molecule has 0 heterocycles. The van der Waals surface area contributed by atoms with Gasteiger partial charge in [0.15, 0.2) is 0 Å². The Bertz CT molecular complexity index is 492. The van der Waals surface area contributed by atoms with Crippen LogP contribution >= 0.6 is 0 Å². The molecule has 0 bridgehead atoms. The first kappa shape index (κ1) is 12.5. The van der Waals surface area contributed by atoms with Crippen molar-refractivity contribution in [1.82, 2.24) is 0 Å². The number of fused-ring (bicyclic) bond motifs is 1. The number of carboxylic acid groups (broad SMARTS) is 1. The molecule has 1 aromatic carbocycles. The van der Waals surface area contributed by atoms with Gasteiger partial charge in [0.25, 0.3) is 0 Å². The Kier molecular flexibility index (Phi) is 3.21. The Morgan fingerprint density at radius 2 is 1.89 bits per heavy atom. The molecular formula is C16H21NO2. The molecule has 19 heavy (non-hydrogen) atoms. The fraction of sp³-hybridized carbons (Fsp3) is 0.562. The molecule has 2 aliphatic rings. The zero-order valence-electron chi connectivity index (χ0n) is 11.2. The van der Waals surface area contributed by atoms with Crippen LogP contribution < -0.4 is 5.32 Å². The summed E-state index contributed by atoms with van der Waals surface area (Å²) in [6.45, 7) is 0.557. The van der Waals surface area contributed by atoms with Gasteiger partial charge in [0.1, 0.15) is 0 Å². The average molecular weight is 259 g/mol. The number of aryl methyl sites for hydroxylation is 2. The molecule has 0 spiro atoms. The summed E-state index contributed by atoms with van der Waals surface area (Å²) in [6.07, 6.45) is 7.57. The summed E-state index contributed by atoms with van der Waals surface area (Å²) in [5.74, 6) is -0.649. The van der Waals surface area contributed by atoms with E-state index in [0.29, 0.717) is 6.54 Å². The summed E-state index contributed by atoms with van der Waals surface area (Å²) in [6, 6.07) is 6.51. The standard InChI is InChI=1S/C16H21NO2/c18-15(19)16(8-3-9-16)11-17-14-7-6-12-4-1-2-5-13(12)10-14/h6-7,10,17H,1-5,8-9,11H2,(H,18,19). The molecule has 0 amide bonds. The quantitative estimate of drug-likeness (QED) is 0.872. The third-order valence-electron chi connectivity index (χ3n) is 4.74. The molecule has 102 valence electrons. The number of carbonyl (C=O) groups is 1. The second-order valence-corrected chi connectivity index (χ2v) is 5.98. The average Bonchev–Trinajstić information content (AvgIpc) is 2.37. The van der Waals surface area contributed by atoms with Crippen molar-refractivity contribution in [3.63, 3.8) is 0 Å². The van der Waals surface area contributed by atoms with E-state index in [4.69, 9.17) is 0 Å². The summed E-state index contributed by atoms with van der Waals surface area (Å²) in [5, 5.41) is 12.7. The molecule has 1 saturated carbocycles. The normalized spacial score (nSPS) is 20.2. The van der Waals surface area contributed by atoms with Crippen LogP contribution in [0.5, 0.6) is 0 Å². The number of rotatable bonds is 4. The van der Waals surface area contributed by atoms with E-state index >= 15 is 0 Å². The monoisotopic (exact) mass is 259 g/mol. The van der Waals surface area contributed by atoms with E-state index in [1.807, 2.05) is 0 Å². The van der Waals surface area contributed by atoms with Gasteiger partial charge in [0.05, 0.1) is 5.41 Å². The SMILES string of the molecule is O=C(O)C1(CNc2ccc3c(c2)CCCC3)CCC1. The Balaban J connectivity index is 1.68.